The van der Waals surface area contributed by atoms with Gasteiger partial charge in [-0.2, -0.15) is 0 Å². The summed E-state index contributed by atoms with van der Waals surface area (Å²) >= 11 is 8.00. The van der Waals surface area contributed by atoms with Gasteiger partial charge in [-0.15, -0.1) is 16.4 Å². The maximum Gasteiger partial charge on any atom is 0.183 e. The highest BCUT2D eigenvalue weighted by Gasteiger charge is 2.29. The van der Waals surface area contributed by atoms with Gasteiger partial charge in [-0.05, 0) is 31.7 Å². The molecular weight excluding hydrogens is 358 g/mol. The Kier molecular flexibility index (Phi) is 3.91. The molecule has 0 N–H and O–H groups in total. The highest BCUT2D eigenvalue weighted by Crippen LogP contribution is 2.39. The van der Waals surface area contributed by atoms with Crippen LogP contribution in [0.4, 0.5) is 0 Å². The summed E-state index contributed by atoms with van der Waals surface area (Å²) in [7, 11) is 0. The average Bonchev–Trinajstić information content (AvgIpc) is 2.98. The van der Waals surface area contributed by atoms with E-state index >= 15 is 0 Å². The molecule has 25 heavy (non-hydrogen) atoms. The first-order valence-corrected chi connectivity index (χ1v) is 9.89. The molecule has 7 nitrogen and oxygen atoms in total. The van der Waals surface area contributed by atoms with Crippen molar-refractivity contribution in [2.24, 2.45) is 5.92 Å². The highest BCUT2D eigenvalue weighted by atomic mass is 35.5. The SMILES string of the molecule is Clc1nc(C2CC2)nc2c1nnn2C[C@@H]1CCN(Cc2nccs2)C1. The fraction of sp³-hybridized carbons (Fsp3) is 0.562. The van der Waals surface area contributed by atoms with E-state index in [1.54, 1.807) is 11.3 Å². The summed E-state index contributed by atoms with van der Waals surface area (Å²) in [5.41, 5.74) is 1.39. The van der Waals surface area contributed by atoms with Crippen molar-refractivity contribution in [3.8, 4) is 0 Å². The monoisotopic (exact) mass is 375 g/mol. The van der Waals surface area contributed by atoms with E-state index in [-0.39, 0.29) is 0 Å². The van der Waals surface area contributed by atoms with Crippen LogP contribution >= 0.6 is 22.9 Å². The number of rotatable bonds is 5. The average molecular weight is 376 g/mol. The molecule has 4 heterocycles. The van der Waals surface area contributed by atoms with E-state index in [1.807, 2.05) is 16.3 Å². The molecule has 0 aromatic carbocycles. The zero-order chi connectivity index (χ0) is 16.8. The van der Waals surface area contributed by atoms with Gasteiger partial charge in [0.25, 0.3) is 0 Å². The van der Waals surface area contributed by atoms with Crippen LogP contribution in [0.15, 0.2) is 11.6 Å². The molecule has 0 unspecified atom stereocenters. The third-order valence-electron chi connectivity index (χ3n) is 4.92. The number of fused-ring (bicyclic) bond motifs is 1. The second kappa shape index (κ2) is 6.26. The second-order valence-electron chi connectivity index (χ2n) is 6.91. The molecule has 3 aromatic heterocycles. The number of hydrogen-bond acceptors (Lipinski definition) is 7. The molecule has 1 saturated carbocycles. The van der Waals surface area contributed by atoms with Crippen LogP contribution in [0.2, 0.25) is 5.15 Å². The van der Waals surface area contributed by atoms with Crippen LogP contribution in [0.25, 0.3) is 11.2 Å². The Labute approximate surface area is 154 Å². The minimum absolute atomic E-state index is 0.426. The predicted octanol–water partition coefficient (Wildman–Crippen LogP) is 2.73. The largest absolute Gasteiger partial charge is 0.296 e. The molecular formula is C16H18ClN7S. The molecule has 3 aromatic rings. The molecule has 5 rings (SSSR count). The number of thiazole rings is 1. The van der Waals surface area contributed by atoms with Gasteiger partial charge in [0.2, 0.25) is 0 Å². The Morgan fingerprint density at radius 2 is 2.16 bits per heavy atom. The number of hydrogen-bond donors (Lipinski definition) is 0. The zero-order valence-electron chi connectivity index (χ0n) is 13.7. The van der Waals surface area contributed by atoms with Gasteiger partial charge < -0.3 is 0 Å². The topological polar surface area (TPSA) is 72.6 Å². The van der Waals surface area contributed by atoms with Crippen LogP contribution in [0.5, 0.6) is 0 Å². The van der Waals surface area contributed by atoms with Gasteiger partial charge in [-0.25, -0.2) is 19.6 Å². The second-order valence-corrected chi connectivity index (χ2v) is 8.24. The number of aromatic nitrogens is 6. The predicted molar refractivity (Wildman–Crippen MR) is 95.6 cm³/mol. The first kappa shape index (κ1) is 15.6. The van der Waals surface area contributed by atoms with Gasteiger partial charge in [-0.3, -0.25) is 4.90 Å². The summed E-state index contributed by atoms with van der Waals surface area (Å²) in [6, 6.07) is 0. The minimum atomic E-state index is 0.426. The molecule has 9 heteroatoms. The molecule has 2 aliphatic rings. The van der Waals surface area contributed by atoms with E-state index in [0.717, 1.165) is 56.9 Å². The van der Waals surface area contributed by atoms with Crippen molar-refractivity contribution >= 4 is 34.1 Å². The van der Waals surface area contributed by atoms with Crippen LogP contribution in [0.1, 0.15) is 36.0 Å². The summed E-state index contributed by atoms with van der Waals surface area (Å²) in [5, 5.41) is 12.1. The first-order chi connectivity index (χ1) is 12.3. The highest BCUT2D eigenvalue weighted by molar-refractivity contribution is 7.09. The van der Waals surface area contributed by atoms with Gasteiger partial charge >= 0.3 is 0 Å². The van der Waals surface area contributed by atoms with Gasteiger partial charge in [0.1, 0.15) is 10.8 Å². The van der Waals surface area contributed by atoms with Crippen molar-refractivity contribution in [1.29, 1.82) is 0 Å². The van der Waals surface area contributed by atoms with Crippen LogP contribution in [-0.2, 0) is 13.1 Å². The van der Waals surface area contributed by atoms with E-state index in [2.05, 4.69) is 25.2 Å². The van der Waals surface area contributed by atoms with Crippen LogP contribution in [-0.4, -0.2) is 47.9 Å². The molecule has 2 fully saturated rings. The summed E-state index contributed by atoms with van der Waals surface area (Å²) in [5.74, 6) is 1.85. The lowest BCUT2D eigenvalue weighted by Gasteiger charge is -2.14. The van der Waals surface area contributed by atoms with Crippen molar-refractivity contribution in [2.45, 2.75) is 38.3 Å². The van der Waals surface area contributed by atoms with Crippen LogP contribution < -0.4 is 0 Å². The van der Waals surface area contributed by atoms with Crippen LogP contribution in [0.3, 0.4) is 0 Å². The van der Waals surface area contributed by atoms with Crippen molar-refractivity contribution in [2.75, 3.05) is 13.1 Å². The lowest BCUT2D eigenvalue weighted by atomic mass is 10.1. The minimum Gasteiger partial charge on any atom is -0.296 e. The Hall–Kier alpha value is -1.64. The quantitative estimate of drug-likeness (QED) is 0.638. The third kappa shape index (κ3) is 3.14. The Morgan fingerprint density at radius 1 is 1.24 bits per heavy atom. The van der Waals surface area contributed by atoms with Gasteiger partial charge in [0, 0.05) is 30.6 Å². The first-order valence-electron chi connectivity index (χ1n) is 8.63. The van der Waals surface area contributed by atoms with E-state index in [4.69, 9.17) is 16.6 Å². The van der Waals surface area contributed by atoms with Crippen molar-refractivity contribution in [1.82, 2.24) is 34.8 Å². The summed E-state index contributed by atoms with van der Waals surface area (Å²) < 4.78 is 1.91. The van der Waals surface area contributed by atoms with Crippen LogP contribution in [0, 0.1) is 5.92 Å². The Morgan fingerprint density at radius 3 is 2.96 bits per heavy atom. The third-order valence-corrected chi connectivity index (χ3v) is 5.95. The Bertz CT molecular complexity index is 889. The summed E-state index contributed by atoms with van der Waals surface area (Å²) in [6.07, 6.45) is 5.33. The molecule has 0 radical (unpaired) electrons. The molecule has 0 spiro atoms. The number of likely N-dealkylation sites (tertiary alicyclic amines) is 1. The molecule has 1 atom stereocenters. The smallest absolute Gasteiger partial charge is 0.183 e. The lowest BCUT2D eigenvalue weighted by molar-refractivity contribution is 0.306. The van der Waals surface area contributed by atoms with E-state index in [1.165, 1.54) is 5.01 Å². The Balaban J connectivity index is 1.32. The van der Waals surface area contributed by atoms with Gasteiger partial charge in [0.05, 0.1) is 6.54 Å². The number of nitrogens with zero attached hydrogens (tertiary/aromatic N) is 7. The maximum atomic E-state index is 6.29. The van der Waals surface area contributed by atoms with Gasteiger partial charge in [0.15, 0.2) is 16.3 Å². The molecule has 0 bridgehead atoms. The van der Waals surface area contributed by atoms with E-state index < -0.39 is 0 Å². The van der Waals surface area contributed by atoms with Gasteiger partial charge in [-0.1, -0.05) is 16.8 Å². The molecule has 1 aliphatic carbocycles. The van der Waals surface area contributed by atoms with Crippen molar-refractivity contribution < 1.29 is 0 Å². The molecule has 1 saturated heterocycles. The molecule has 0 amide bonds. The summed E-state index contributed by atoms with van der Waals surface area (Å²) in [6.45, 7) is 3.91. The van der Waals surface area contributed by atoms with Crippen molar-refractivity contribution in [3.05, 3.63) is 27.6 Å². The van der Waals surface area contributed by atoms with Crippen molar-refractivity contribution in [3.63, 3.8) is 0 Å². The zero-order valence-corrected chi connectivity index (χ0v) is 15.2. The number of halogens is 1. The summed E-state index contributed by atoms with van der Waals surface area (Å²) in [4.78, 5) is 15.9. The normalized spacial score (nSPS) is 21.4. The maximum absolute atomic E-state index is 6.29. The fourth-order valence-corrected chi connectivity index (χ4v) is 4.33. The van der Waals surface area contributed by atoms with E-state index in [0.29, 0.717) is 22.5 Å². The standard InChI is InChI=1S/C16H18ClN7S/c17-14-13-16(20-15(19-14)11-1-2-11)24(22-21-13)8-10-3-5-23(7-10)9-12-18-4-6-25-12/h4,6,10-11H,1-3,5,7-9H2/t10-/m1/s1. The molecule has 1 aliphatic heterocycles. The molecule has 130 valence electrons. The lowest BCUT2D eigenvalue weighted by Crippen LogP contribution is -2.21. The fourth-order valence-electron chi connectivity index (χ4n) is 3.46. The van der Waals surface area contributed by atoms with E-state index in [9.17, 15) is 0 Å².